The van der Waals surface area contributed by atoms with Crippen molar-refractivity contribution in [3.05, 3.63) is 35.9 Å². The lowest BCUT2D eigenvalue weighted by Gasteiger charge is -1.93. The first-order valence-electron chi connectivity index (χ1n) is 5.63. The van der Waals surface area contributed by atoms with E-state index in [-0.39, 0.29) is 12.5 Å². The van der Waals surface area contributed by atoms with Gasteiger partial charge in [-0.2, -0.15) is 0 Å². The van der Waals surface area contributed by atoms with Crippen LogP contribution in [-0.2, 0) is 11.2 Å². The Morgan fingerprint density at radius 2 is 1.82 bits per heavy atom. The van der Waals surface area contributed by atoms with E-state index in [9.17, 15) is 4.79 Å². The molecular formula is C13H24N2O2. The van der Waals surface area contributed by atoms with Crippen molar-refractivity contribution in [2.45, 2.75) is 19.8 Å². The van der Waals surface area contributed by atoms with E-state index >= 15 is 0 Å². The van der Waals surface area contributed by atoms with Crippen LogP contribution in [0.4, 0.5) is 0 Å². The van der Waals surface area contributed by atoms with E-state index in [0.717, 1.165) is 7.11 Å². The van der Waals surface area contributed by atoms with Crippen molar-refractivity contribution in [1.82, 2.24) is 5.32 Å². The van der Waals surface area contributed by atoms with Crippen molar-refractivity contribution in [3.63, 3.8) is 0 Å². The first-order chi connectivity index (χ1) is 8.24. The minimum Gasteiger partial charge on any atom is -0.400 e. The van der Waals surface area contributed by atoms with Gasteiger partial charge in [0.25, 0.3) is 0 Å². The number of nitrogens with two attached hydrogens (primary N) is 1. The normalized spacial score (nSPS) is 8.06. The summed E-state index contributed by atoms with van der Waals surface area (Å²) in [6.45, 7) is 2.28. The van der Waals surface area contributed by atoms with Gasteiger partial charge in [-0.15, -0.1) is 0 Å². The third-order valence-electron chi connectivity index (χ3n) is 1.85. The lowest BCUT2D eigenvalue weighted by atomic mass is 10.1. The zero-order valence-electron chi connectivity index (χ0n) is 10.9. The highest BCUT2D eigenvalue weighted by molar-refractivity contribution is 5.77. The highest BCUT2D eigenvalue weighted by Crippen LogP contribution is 2.00. The molecule has 0 unspecified atom stereocenters. The molecule has 0 radical (unpaired) electrons. The van der Waals surface area contributed by atoms with Crippen molar-refractivity contribution >= 4 is 5.91 Å². The van der Waals surface area contributed by atoms with E-state index < -0.39 is 0 Å². The second kappa shape index (κ2) is 14.6. The van der Waals surface area contributed by atoms with Crippen LogP contribution in [0, 0.1) is 0 Å². The standard InChI is InChI=1S/C9H12.C3H8N2O.CH4O/c1-2-6-9-7-4-3-5-8-9;1-5-3(6)2-4;1-2/h3-5,7-8H,2,6H2,1H3;2,4H2,1H3,(H,5,6);2H,1H3. The van der Waals surface area contributed by atoms with Gasteiger partial charge in [0.15, 0.2) is 0 Å². The van der Waals surface area contributed by atoms with E-state index in [0.29, 0.717) is 0 Å². The number of hydrogen-bond acceptors (Lipinski definition) is 3. The average Bonchev–Trinajstić information content (AvgIpc) is 2.42. The Bertz CT molecular complexity index is 257. The van der Waals surface area contributed by atoms with Crippen LogP contribution in [-0.4, -0.2) is 31.7 Å². The molecule has 0 aliphatic heterocycles. The van der Waals surface area contributed by atoms with Gasteiger partial charge < -0.3 is 16.2 Å². The maximum Gasteiger partial charge on any atom is 0.233 e. The van der Waals surface area contributed by atoms with Crippen LogP contribution in [0.25, 0.3) is 0 Å². The molecule has 1 rings (SSSR count). The van der Waals surface area contributed by atoms with E-state index in [2.05, 4.69) is 42.6 Å². The molecule has 0 aliphatic rings. The van der Waals surface area contributed by atoms with Crippen LogP contribution in [0.1, 0.15) is 18.9 Å². The number of likely N-dealkylation sites (N-methyl/N-ethyl adjacent to an activating group) is 1. The second-order valence-corrected chi connectivity index (χ2v) is 3.11. The molecule has 98 valence electrons. The van der Waals surface area contributed by atoms with Crippen LogP contribution in [0.2, 0.25) is 0 Å². The minimum atomic E-state index is -0.130. The summed E-state index contributed by atoms with van der Waals surface area (Å²) in [4.78, 5) is 9.94. The molecular weight excluding hydrogens is 216 g/mol. The molecule has 1 aromatic carbocycles. The smallest absolute Gasteiger partial charge is 0.233 e. The van der Waals surface area contributed by atoms with Gasteiger partial charge in [0, 0.05) is 14.2 Å². The molecule has 4 N–H and O–H groups in total. The van der Waals surface area contributed by atoms with E-state index in [1.165, 1.54) is 18.4 Å². The van der Waals surface area contributed by atoms with Gasteiger partial charge in [-0.3, -0.25) is 4.79 Å². The zero-order valence-corrected chi connectivity index (χ0v) is 10.9. The molecule has 0 fully saturated rings. The van der Waals surface area contributed by atoms with Crippen molar-refractivity contribution in [3.8, 4) is 0 Å². The summed E-state index contributed by atoms with van der Waals surface area (Å²) in [7, 11) is 2.55. The maximum atomic E-state index is 9.94. The van der Waals surface area contributed by atoms with Crippen molar-refractivity contribution < 1.29 is 9.90 Å². The lowest BCUT2D eigenvalue weighted by Crippen LogP contribution is -2.26. The fourth-order valence-corrected chi connectivity index (χ4v) is 1.04. The zero-order chi connectivity index (χ0) is 13.5. The summed E-state index contributed by atoms with van der Waals surface area (Å²) in [5.41, 5.74) is 6.31. The van der Waals surface area contributed by atoms with Crippen LogP contribution >= 0.6 is 0 Å². The highest BCUT2D eigenvalue weighted by Gasteiger charge is 1.85. The summed E-state index contributed by atoms with van der Waals surface area (Å²) in [6.07, 6.45) is 2.45. The van der Waals surface area contributed by atoms with E-state index in [1.54, 1.807) is 7.05 Å². The number of carbonyl (C=O) groups excluding carboxylic acids is 1. The molecule has 0 saturated carbocycles. The van der Waals surface area contributed by atoms with E-state index in [1.807, 2.05) is 0 Å². The molecule has 0 spiro atoms. The molecule has 4 nitrogen and oxygen atoms in total. The number of amides is 1. The fourth-order valence-electron chi connectivity index (χ4n) is 1.04. The Labute approximate surface area is 104 Å². The molecule has 1 aromatic rings. The largest absolute Gasteiger partial charge is 0.400 e. The highest BCUT2D eigenvalue weighted by atomic mass is 16.2. The minimum absolute atomic E-state index is 0.0799. The first-order valence-corrected chi connectivity index (χ1v) is 5.63. The molecule has 0 aliphatic carbocycles. The lowest BCUT2D eigenvalue weighted by molar-refractivity contribution is -0.119. The molecule has 0 atom stereocenters. The molecule has 0 heterocycles. The summed E-state index contributed by atoms with van der Waals surface area (Å²) in [5, 5.41) is 9.35. The Balaban J connectivity index is 0. The van der Waals surface area contributed by atoms with Crippen LogP contribution < -0.4 is 11.1 Å². The van der Waals surface area contributed by atoms with Gasteiger partial charge in [0.2, 0.25) is 5.91 Å². The Morgan fingerprint density at radius 1 is 1.29 bits per heavy atom. The Kier molecular flexibility index (Phi) is 15.5. The Morgan fingerprint density at radius 3 is 2.12 bits per heavy atom. The number of hydrogen-bond donors (Lipinski definition) is 3. The number of aliphatic hydroxyl groups is 1. The average molecular weight is 240 g/mol. The third-order valence-corrected chi connectivity index (χ3v) is 1.85. The summed E-state index contributed by atoms with van der Waals surface area (Å²) < 4.78 is 0. The number of carbonyl (C=O) groups is 1. The van der Waals surface area contributed by atoms with E-state index in [4.69, 9.17) is 10.8 Å². The van der Waals surface area contributed by atoms with Gasteiger partial charge in [-0.25, -0.2) is 0 Å². The van der Waals surface area contributed by atoms with Gasteiger partial charge in [0.1, 0.15) is 0 Å². The maximum absolute atomic E-state index is 9.94. The van der Waals surface area contributed by atoms with Crippen molar-refractivity contribution in [2.75, 3.05) is 20.7 Å². The van der Waals surface area contributed by atoms with Gasteiger partial charge in [-0.1, -0.05) is 43.7 Å². The van der Waals surface area contributed by atoms with Crippen molar-refractivity contribution in [1.29, 1.82) is 0 Å². The number of nitrogens with one attached hydrogen (secondary N) is 1. The number of rotatable bonds is 3. The number of aryl methyl sites for hydroxylation is 1. The molecule has 0 saturated heterocycles. The van der Waals surface area contributed by atoms with Gasteiger partial charge >= 0.3 is 0 Å². The quantitative estimate of drug-likeness (QED) is 0.736. The topological polar surface area (TPSA) is 75.4 Å². The predicted molar refractivity (Wildman–Crippen MR) is 71.7 cm³/mol. The molecule has 1 amide bonds. The first kappa shape index (κ1) is 18.0. The number of aliphatic hydroxyl groups excluding tert-OH is 1. The van der Waals surface area contributed by atoms with Crippen molar-refractivity contribution in [2.24, 2.45) is 5.73 Å². The predicted octanol–water partition coefficient (Wildman–Crippen LogP) is 0.939. The molecule has 17 heavy (non-hydrogen) atoms. The van der Waals surface area contributed by atoms with Gasteiger partial charge in [0.05, 0.1) is 6.54 Å². The third kappa shape index (κ3) is 12.5. The SMILES string of the molecule is CCCc1ccccc1.CNC(=O)CN.CO. The number of benzene rings is 1. The molecule has 0 aromatic heterocycles. The molecule has 0 bridgehead atoms. The summed E-state index contributed by atoms with van der Waals surface area (Å²) in [6, 6.07) is 10.6. The van der Waals surface area contributed by atoms with Crippen LogP contribution in [0.15, 0.2) is 30.3 Å². The summed E-state index contributed by atoms with van der Waals surface area (Å²) >= 11 is 0. The van der Waals surface area contributed by atoms with Crippen LogP contribution in [0.5, 0.6) is 0 Å². The summed E-state index contributed by atoms with van der Waals surface area (Å²) in [5.74, 6) is -0.130. The van der Waals surface area contributed by atoms with Gasteiger partial charge in [-0.05, 0) is 12.0 Å². The van der Waals surface area contributed by atoms with Crippen LogP contribution in [0.3, 0.4) is 0 Å². The second-order valence-electron chi connectivity index (χ2n) is 3.11. The monoisotopic (exact) mass is 240 g/mol. The fraction of sp³-hybridized carbons (Fsp3) is 0.462. The Hall–Kier alpha value is -1.39. The molecule has 4 heteroatoms.